The van der Waals surface area contributed by atoms with Crippen LogP contribution >= 0.6 is 22.9 Å². The zero-order chi connectivity index (χ0) is 19.5. The van der Waals surface area contributed by atoms with E-state index in [1.807, 2.05) is 42.5 Å². The third-order valence-electron chi connectivity index (χ3n) is 4.17. The summed E-state index contributed by atoms with van der Waals surface area (Å²) in [6, 6.07) is 22.7. The van der Waals surface area contributed by atoms with Gasteiger partial charge in [-0.1, -0.05) is 29.8 Å². The van der Waals surface area contributed by atoms with Crippen LogP contribution in [0.4, 0.5) is 5.69 Å². The van der Waals surface area contributed by atoms with Crippen molar-refractivity contribution < 1.29 is 9.53 Å². The summed E-state index contributed by atoms with van der Waals surface area (Å²) in [5.74, 6) is 0.385. The fraction of sp³-hybridized carbons (Fsp3) is 0.0909. The van der Waals surface area contributed by atoms with E-state index < -0.39 is 6.10 Å². The fourth-order valence-corrected chi connectivity index (χ4v) is 3.90. The number of hydrogen-bond acceptors (Lipinski definition) is 4. The largest absolute Gasteiger partial charge is 0.481 e. The summed E-state index contributed by atoms with van der Waals surface area (Å²) in [4.78, 5) is 17.0. The maximum atomic E-state index is 12.3. The number of benzene rings is 3. The minimum atomic E-state index is -0.646. The first-order valence-corrected chi connectivity index (χ1v) is 9.97. The van der Waals surface area contributed by atoms with Gasteiger partial charge < -0.3 is 10.1 Å². The van der Waals surface area contributed by atoms with Gasteiger partial charge in [-0.25, -0.2) is 4.98 Å². The van der Waals surface area contributed by atoms with Crippen molar-refractivity contribution >= 4 is 44.7 Å². The van der Waals surface area contributed by atoms with E-state index >= 15 is 0 Å². The highest BCUT2D eigenvalue weighted by molar-refractivity contribution is 7.21. The van der Waals surface area contributed by atoms with Crippen LogP contribution in [0, 0.1) is 0 Å². The van der Waals surface area contributed by atoms with E-state index in [2.05, 4.69) is 16.4 Å². The van der Waals surface area contributed by atoms with Crippen LogP contribution in [-0.4, -0.2) is 17.0 Å². The Bertz CT molecular complexity index is 1090. The molecule has 0 aliphatic heterocycles. The molecule has 0 saturated carbocycles. The number of halogens is 1. The van der Waals surface area contributed by atoms with Crippen LogP contribution in [0.25, 0.3) is 20.8 Å². The van der Waals surface area contributed by atoms with Crippen molar-refractivity contribution in [2.75, 3.05) is 5.32 Å². The minimum Gasteiger partial charge on any atom is -0.481 e. The summed E-state index contributed by atoms with van der Waals surface area (Å²) in [5.41, 5.74) is 2.65. The maximum Gasteiger partial charge on any atom is 0.265 e. The number of para-hydroxylation sites is 1. The molecule has 0 unspecified atom stereocenters. The van der Waals surface area contributed by atoms with Crippen molar-refractivity contribution in [3.05, 3.63) is 77.8 Å². The molecule has 3 aromatic carbocycles. The highest BCUT2D eigenvalue weighted by Gasteiger charge is 2.15. The molecule has 4 nitrogen and oxygen atoms in total. The van der Waals surface area contributed by atoms with Crippen LogP contribution in [0.5, 0.6) is 5.75 Å². The molecular weight excluding hydrogens is 392 g/mol. The number of amides is 1. The van der Waals surface area contributed by atoms with Crippen molar-refractivity contribution in [1.29, 1.82) is 0 Å². The molecular formula is C22H17ClN2O2S. The van der Waals surface area contributed by atoms with Crippen LogP contribution in [0.2, 0.25) is 5.02 Å². The fourth-order valence-electron chi connectivity index (χ4n) is 2.74. The highest BCUT2D eigenvalue weighted by atomic mass is 35.5. The Kier molecular flexibility index (Phi) is 5.28. The lowest BCUT2D eigenvalue weighted by Crippen LogP contribution is -2.30. The number of ether oxygens (including phenoxy) is 1. The number of carbonyl (C=O) groups excluding carboxylic acids is 1. The van der Waals surface area contributed by atoms with Crippen molar-refractivity contribution in [3.8, 4) is 16.3 Å². The molecule has 6 heteroatoms. The lowest BCUT2D eigenvalue weighted by Gasteiger charge is -2.15. The molecule has 1 amide bonds. The van der Waals surface area contributed by atoms with Gasteiger partial charge in [-0.15, -0.1) is 11.3 Å². The van der Waals surface area contributed by atoms with Crippen molar-refractivity contribution in [2.45, 2.75) is 13.0 Å². The molecule has 140 valence electrons. The third kappa shape index (κ3) is 4.16. The van der Waals surface area contributed by atoms with Crippen molar-refractivity contribution in [3.63, 3.8) is 0 Å². The summed E-state index contributed by atoms with van der Waals surface area (Å²) in [7, 11) is 0. The Morgan fingerprint density at radius 3 is 2.61 bits per heavy atom. The molecule has 0 aliphatic rings. The van der Waals surface area contributed by atoms with Gasteiger partial charge in [0.05, 0.1) is 10.2 Å². The standard InChI is InChI=1S/C22H17ClN2O2S/c1-14(21(26)24-17-6-4-5-16(23)13-17)27-18-11-9-15(10-12-18)22-25-19-7-2-3-8-20(19)28-22/h2-14H,1H3,(H,24,26)/t14-/m1/s1. The van der Waals surface area contributed by atoms with Crippen molar-refractivity contribution in [1.82, 2.24) is 4.98 Å². The van der Waals surface area contributed by atoms with Gasteiger partial charge in [-0.05, 0) is 61.5 Å². The van der Waals surface area contributed by atoms with Gasteiger partial charge in [0.25, 0.3) is 5.91 Å². The number of anilines is 1. The molecule has 1 aromatic heterocycles. The molecule has 0 aliphatic carbocycles. The molecule has 4 aromatic rings. The smallest absolute Gasteiger partial charge is 0.265 e. The zero-order valence-electron chi connectivity index (χ0n) is 15.1. The Hall–Kier alpha value is -2.89. The van der Waals surface area contributed by atoms with E-state index in [1.54, 1.807) is 42.5 Å². The first kappa shape index (κ1) is 18.5. The summed E-state index contributed by atoms with van der Waals surface area (Å²) in [5, 5.41) is 4.32. The molecule has 0 radical (unpaired) electrons. The average molecular weight is 409 g/mol. The van der Waals surface area contributed by atoms with Crippen LogP contribution in [0.3, 0.4) is 0 Å². The summed E-state index contributed by atoms with van der Waals surface area (Å²) < 4.78 is 6.92. The molecule has 0 spiro atoms. The monoisotopic (exact) mass is 408 g/mol. The number of thiazole rings is 1. The lowest BCUT2D eigenvalue weighted by molar-refractivity contribution is -0.122. The lowest BCUT2D eigenvalue weighted by atomic mass is 10.2. The number of carbonyl (C=O) groups is 1. The second kappa shape index (κ2) is 8.00. The van der Waals surface area contributed by atoms with Crippen molar-refractivity contribution in [2.24, 2.45) is 0 Å². The highest BCUT2D eigenvalue weighted by Crippen LogP contribution is 2.31. The van der Waals surface area contributed by atoms with Gasteiger partial charge in [0.1, 0.15) is 10.8 Å². The van der Waals surface area contributed by atoms with E-state index in [0.717, 1.165) is 20.8 Å². The molecule has 0 bridgehead atoms. The number of aromatic nitrogens is 1. The number of fused-ring (bicyclic) bond motifs is 1. The third-order valence-corrected chi connectivity index (χ3v) is 5.49. The normalized spacial score (nSPS) is 11.9. The number of nitrogens with one attached hydrogen (secondary N) is 1. The molecule has 0 saturated heterocycles. The molecule has 28 heavy (non-hydrogen) atoms. The second-order valence-corrected chi connectivity index (χ2v) is 7.74. The number of hydrogen-bond donors (Lipinski definition) is 1. The van der Waals surface area contributed by atoms with Crippen LogP contribution < -0.4 is 10.1 Å². The van der Waals surface area contributed by atoms with Gasteiger partial charge >= 0.3 is 0 Å². The topological polar surface area (TPSA) is 51.2 Å². The zero-order valence-corrected chi connectivity index (χ0v) is 16.6. The molecule has 1 heterocycles. The Labute approximate surface area is 171 Å². The predicted octanol–water partition coefficient (Wildman–Crippen LogP) is 6.02. The van der Waals surface area contributed by atoms with Gasteiger partial charge in [-0.2, -0.15) is 0 Å². The molecule has 0 fully saturated rings. The Balaban J connectivity index is 1.43. The van der Waals surface area contributed by atoms with E-state index in [4.69, 9.17) is 16.3 Å². The van der Waals surface area contributed by atoms with Crippen LogP contribution in [0.15, 0.2) is 72.8 Å². The first-order valence-electron chi connectivity index (χ1n) is 8.77. The summed E-state index contributed by atoms with van der Waals surface area (Å²) in [6.07, 6.45) is -0.646. The summed E-state index contributed by atoms with van der Waals surface area (Å²) >= 11 is 7.59. The predicted molar refractivity (Wildman–Crippen MR) is 115 cm³/mol. The van der Waals surface area contributed by atoms with E-state index in [9.17, 15) is 4.79 Å². The van der Waals surface area contributed by atoms with Gasteiger partial charge in [0.2, 0.25) is 0 Å². The van der Waals surface area contributed by atoms with Crippen LogP contribution in [0.1, 0.15) is 6.92 Å². The molecule has 1 atom stereocenters. The van der Waals surface area contributed by atoms with Crippen LogP contribution in [-0.2, 0) is 4.79 Å². The quantitative estimate of drug-likeness (QED) is 0.439. The second-order valence-electron chi connectivity index (χ2n) is 6.27. The van der Waals surface area contributed by atoms with Gasteiger partial charge in [0.15, 0.2) is 6.10 Å². The Morgan fingerprint density at radius 2 is 1.86 bits per heavy atom. The summed E-state index contributed by atoms with van der Waals surface area (Å²) in [6.45, 7) is 1.71. The first-order chi connectivity index (χ1) is 13.6. The van der Waals surface area contributed by atoms with Gasteiger partial charge in [-0.3, -0.25) is 4.79 Å². The van der Waals surface area contributed by atoms with E-state index in [0.29, 0.717) is 16.5 Å². The molecule has 1 N–H and O–H groups in total. The van der Waals surface area contributed by atoms with Gasteiger partial charge in [0, 0.05) is 16.3 Å². The number of rotatable bonds is 5. The number of nitrogens with zero attached hydrogens (tertiary/aromatic N) is 1. The maximum absolute atomic E-state index is 12.3. The van der Waals surface area contributed by atoms with E-state index in [-0.39, 0.29) is 5.91 Å². The minimum absolute atomic E-state index is 0.238. The van der Waals surface area contributed by atoms with E-state index in [1.165, 1.54) is 0 Å². The molecule has 4 rings (SSSR count). The Morgan fingerprint density at radius 1 is 1.07 bits per heavy atom. The SMILES string of the molecule is C[C@@H](Oc1ccc(-c2nc3ccccc3s2)cc1)C(=O)Nc1cccc(Cl)c1. The average Bonchev–Trinajstić information content (AvgIpc) is 3.13.